The molecule has 0 aromatic heterocycles. The number of allylic oxidation sites excluding steroid dienone is 1. The van der Waals surface area contributed by atoms with Crippen LogP contribution in [0.15, 0.2) is 35.9 Å². The summed E-state index contributed by atoms with van der Waals surface area (Å²) >= 11 is 0. The van der Waals surface area contributed by atoms with E-state index in [-0.39, 0.29) is 11.9 Å². The van der Waals surface area contributed by atoms with Crippen LogP contribution in [0, 0.1) is 0 Å². The first-order valence-corrected chi connectivity index (χ1v) is 6.44. The minimum Gasteiger partial charge on any atom is -0.463 e. The van der Waals surface area contributed by atoms with Gasteiger partial charge in [-0.3, -0.25) is 4.79 Å². The van der Waals surface area contributed by atoms with Gasteiger partial charge in [-0.15, -0.1) is 0 Å². The van der Waals surface area contributed by atoms with E-state index < -0.39 is 5.41 Å². The third kappa shape index (κ3) is 1.67. The highest BCUT2D eigenvalue weighted by atomic mass is 16.5. The smallest absolute Gasteiger partial charge is 0.333 e. The number of nitrogens with one attached hydrogen (secondary N) is 1. The number of fused-ring (bicyclic) bond motifs is 2. The lowest BCUT2D eigenvalue weighted by atomic mass is 9.78. The number of ether oxygens (including phenoxy) is 1. The number of anilines is 1. The van der Waals surface area contributed by atoms with Crippen molar-refractivity contribution >= 4 is 17.6 Å². The highest BCUT2D eigenvalue weighted by molar-refractivity contribution is 6.08. The lowest BCUT2D eigenvalue weighted by Crippen LogP contribution is -2.32. The second-order valence-corrected chi connectivity index (χ2v) is 4.91. The molecule has 4 nitrogen and oxygen atoms in total. The first-order chi connectivity index (χ1) is 9.17. The summed E-state index contributed by atoms with van der Waals surface area (Å²) in [6.45, 7) is 2.13. The Bertz CT molecular complexity index is 591. The van der Waals surface area contributed by atoms with Crippen molar-refractivity contribution in [1.29, 1.82) is 0 Å². The molecule has 3 rings (SSSR count). The molecule has 1 atom stereocenters. The van der Waals surface area contributed by atoms with Gasteiger partial charge in [0.05, 0.1) is 12.0 Å². The third-order valence-corrected chi connectivity index (χ3v) is 3.85. The molecule has 1 aromatic carbocycles. The number of rotatable bonds is 2. The number of hydrogen-bond donors (Lipinski definition) is 1. The summed E-state index contributed by atoms with van der Waals surface area (Å²) in [4.78, 5) is 24.1. The molecule has 1 aliphatic heterocycles. The zero-order valence-corrected chi connectivity index (χ0v) is 10.7. The lowest BCUT2D eigenvalue weighted by Gasteiger charge is -2.21. The first-order valence-electron chi connectivity index (χ1n) is 6.44. The topological polar surface area (TPSA) is 55.4 Å². The molecule has 2 aliphatic rings. The van der Waals surface area contributed by atoms with Crippen LogP contribution < -0.4 is 5.32 Å². The van der Waals surface area contributed by atoms with E-state index in [9.17, 15) is 9.59 Å². The van der Waals surface area contributed by atoms with Crippen LogP contribution >= 0.6 is 0 Å². The quantitative estimate of drug-likeness (QED) is 0.826. The fourth-order valence-electron chi connectivity index (χ4n) is 2.90. The maximum atomic E-state index is 12.3. The summed E-state index contributed by atoms with van der Waals surface area (Å²) in [7, 11) is 0. The van der Waals surface area contributed by atoms with Crippen molar-refractivity contribution in [1.82, 2.24) is 0 Å². The van der Waals surface area contributed by atoms with Crippen LogP contribution in [0.2, 0.25) is 0 Å². The molecule has 19 heavy (non-hydrogen) atoms. The maximum absolute atomic E-state index is 12.3. The average molecular weight is 257 g/mol. The molecule has 1 spiro atoms. The molecule has 98 valence electrons. The predicted octanol–water partition coefficient (Wildman–Crippen LogP) is 2.16. The summed E-state index contributed by atoms with van der Waals surface area (Å²) in [5.41, 5.74) is 1.83. The van der Waals surface area contributed by atoms with Crippen molar-refractivity contribution in [2.24, 2.45) is 0 Å². The minimum absolute atomic E-state index is 0.0238. The van der Waals surface area contributed by atoms with Gasteiger partial charge in [0.1, 0.15) is 0 Å². The largest absolute Gasteiger partial charge is 0.463 e. The monoisotopic (exact) mass is 257 g/mol. The van der Waals surface area contributed by atoms with Crippen LogP contribution in [0.5, 0.6) is 0 Å². The van der Waals surface area contributed by atoms with Crippen molar-refractivity contribution in [3.05, 3.63) is 41.5 Å². The van der Waals surface area contributed by atoms with Gasteiger partial charge in [0.15, 0.2) is 0 Å². The normalized spacial score (nSPS) is 24.1. The van der Waals surface area contributed by atoms with Crippen molar-refractivity contribution in [2.45, 2.75) is 25.2 Å². The Morgan fingerprint density at radius 2 is 2.21 bits per heavy atom. The van der Waals surface area contributed by atoms with Crippen molar-refractivity contribution in [2.75, 3.05) is 11.9 Å². The van der Waals surface area contributed by atoms with Crippen LogP contribution in [0.1, 0.15) is 25.3 Å². The average Bonchev–Trinajstić information content (AvgIpc) is 2.96. The SMILES string of the molecule is CCOC(=O)C1=CC[C@@]2(C1)C(=O)Nc1ccccc12. The molecule has 0 radical (unpaired) electrons. The molecule has 1 heterocycles. The summed E-state index contributed by atoms with van der Waals surface area (Å²) in [5, 5.41) is 2.90. The van der Waals surface area contributed by atoms with E-state index >= 15 is 0 Å². The predicted molar refractivity (Wildman–Crippen MR) is 70.7 cm³/mol. The van der Waals surface area contributed by atoms with Crippen molar-refractivity contribution in [3.8, 4) is 0 Å². The van der Waals surface area contributed by atoms with Gasteiger partial charge in [0, 0.05) is 11.3 Å². The molecule has 1 amide bonds. The zero-order valence-electron chi connectivity index (χ0n) is 10.7. The van der Waals surface area contributed by atoms with Gasteiger partial charge >= 0.3 is 5.97 Å². The van der Waals surface area contributed by atoms with Crippen LogP contribution in [0.4, 0.5) is 5.69 Å². The molecule has 0 bridgehead atoms. The molecule has 1 N–H and O–H groups in total. The molecule has 4 heteroatoms. The number of benzene rings is 1. The van der Waals surface area contributed by atoms with Crippen LogP contribution in [-0.2, 0) is 19.7 Å². The van der Waals surface area contributed by atoms with Gasteiger partial charge < -0.3 is 10.1 Å². The number of hydrogen-bond acceptors (Lipinski definition) is 3. The number of para-hydroxylation sites is 1. The van der Waals surface area contributed by atoms with Gasteiger partial charge in [0.2, 0.25) is 5.91 Å². The first kappa shape index (κ1) is 12.0. The summed E-state index contributed by atoms with van der Waals surface area (Å²) in [6.07, 6.45) is 2.82. The molecule has 0 unspecified atom stereocenters. The second-order valence-electron chi connectivity index (χ2n) is 4.91. The molecule has 1 aliphatic carbocycles. The van der Waals surface area contributed by atoms with Crippen LogP contribution in [0.3, 0.4) is 0 Å². The number of carbonyl (C=O) groups is 2. The Hall–Kier alpha value is -2.10. The van der Waals surface area contributed by atoms with E-state index in [1.807, 2.05) is 30.3 Å². The van der Waals surface area contributed by atoms with E-state index in [1.54, 1.807) is 6.92 Å². The number of esters is 1. The second kappa shape index (κ2) is 4.23. The molecular weight excluding hydrogens is 242 g/mol. The van der Waals surface area contributed by atoms with Crippen LogP contribution in [-0.4, -0.2) is 18.5 Å². The van der Waals surface area contributed by atoms with E-state index in [4.69, 9.17) is 4.74 Å². The molecular formula is C15H15NO3. The maximum Gasteiger partial charge on any atom is 0.333 e. The van der Waals surface area contributed by atoms with Gasteiger partial charge in [-0.05, 0) is 31.4 Å². The van der Waals surface area contributed by atoms with Crippen LogP contribution in [0.25, 0.3) is 0 Å². The number of carbonyl (C=O) groups excluding carboxylic acids is 2. The minimum atomic E-state index is -0.612. The zero-order chi connectivity index (χ0) is 13.5. The Balaban J connectivity index is 1.92. The highest BCUT2D eigenvalue weighted by Crippen LogP contribution is 2.48. The van der Waals surface area contributed by atoms with Gasteiger partial charge in [-0.2, -0.15) is 0 Å². The van der Waals surface area contributed by atoms with E-state index in [0.717, 1.165) is 11.3 Å². The highest BCUT2D eigenvalue weighted by Gasteiger charge is 2.49. The fourth-order valence-corrected chi connectivity index (χ4v) is 2.90. The molecule has 0 fully saturated rings. The Kier molecular flexibility index (Phi) is 2.66. The molecule has 0 saturated heterocycles. The molecule has 1 aromatic rings. The van der Waals surface area contributed by atoms with E-state index in [0.29, 0.717) is 25.0 Å². The Morgan fingerprint density at radius 3 is 3.00 bits per heavy atom. The number of amides is 1. The van der Waals surface area contributed by atoms with Crippen molar-refractivity contribution in [3.63, 3.8) is 0 Å². The lowest BCUT2D eigenvalue weighted by molar-refractivity contribution is -0.138. The van der Waals surface area contributed by atoms with Crippen molar-refractivity contribution < 1.29 is 14.3 Å². The Morgan fingerprint density at radius 1 is 1.42 bits per heavy atom. The summed E-state index contributed by atoms with van der Waals surface area (Å²) < 4.78 is 5.01. The fraction of sp³-hybridized carbons (Fsp3) is 0.333. The summed E-state index contributed by atoms with van der Waals surface area (Å²) in [6, 6.07) is 7.66. The van der Waals surface area contributed by atoms with Gasteiger partial charge in [-0.25, -0.2) is 4.79 Å². The Labute approximate surface area is 111 Å². The standard InChI is InChI=1S/C15H15NO3/c1-2-19-13(17)10-7-8-15(9-10)11-5-3-4-6-12(11)16-14(15)18/h3-7H,2,8-9H2,1H3,(H,16,18)/t15-/m0/s1. The van der Waals surface area contributed by atoms with E-state index in [2.05, 4.69) is 5.32 Å². The van der Waals surface area contributed by atoms with Gasteiger partial charge in [0.25, 0.3) is 0 Å². The van der Waals surface area contributed by atoms with E-state index in [1.165, 1.54) is 0 Å². The third-order valence-electron chi connectivity index (χ3n) is 3.85. The van der Waals surface area contributed by atoms with Gasteiger partial charge in [-0.1, -0.05) is 24.3 Å². The summed E-state index contributed by atoms with van der Waals surface area (Å²) in [5.74, 6) is -0.333. The molecule has 0 saturated carbocycles.